The van der Waals surface area contributed by atoms with Crippen molar-refractivity contribution in [3.63, 3.8) is 0 Å². The van der Waals surface area contributed by atoms with Gasteiger partial charge in [0, 0.05) is 24.0 Å². The van der Waals surface area contributed by atoms with Crippen LogP contribution in [0.25, 0.3) is 0 Å². The van der Waals surface area contributed by atoms with Crippen molar-refractivity contribution in [3.8, 4) is 0 Å². The monoisotopic (exact) mass is 540 g/mol. The van der Waals surface area contributed by atoms with Crippen molar-refractivity contribution in [3.05, 3.63) is 31.5 Å². The molecule has 3 saturated carbocycles. The van der Waals surface area contributed by atoms with Crippen LogP contribution in [-0.2, 0) is 14.4 Å². The van der Waals surface area contributed by atoms with Crippen LogP contribution in [0.5, 0.6) is 0 Å². The van der Waals surface area contributed by atoms with Gasteiger partial charge in [-0.05, 0) is 76.0 Å². The Balaban J connectivity index is 1.75. The van der Waals surface area contributed by atoms with Crippen molar-refractivity contribution in [1.82, 2.24) is 13.7 Å². The molecule has 0 radical (unpaired) electrons. The van der Waals surface area contributed by atoms with Gasteiger partial charge in [-0.1, -0.05) is 12.8 Å². The minimum Gasteiger partial charge on any atom is -0.247 e. The van der Waals surface area contributed by atoms with Crippen LogP contribution in [0.1, 0.15) is 95.2 Å². The Labute approximate surface area is 225 Å². The molecule has 210 valence electrons. The Bertz CT molecular complexity index is 1250. The third kappa shape index (κ3) is 6.41. The normalized spacial score (nSPS) is 28.9. The second-order valence-electron chi connectivity index (χ2n) is 11.2. The quantitative estimate of drug-likeness (QED) is 0.346. The topological polar surface area (TPSA) is 154 Å². The van der Waals surface area contributed by atoms with Gasteiger partial charge in [0.05, 0.1) is 19.6 Å². The highest BCUT2D eigenvalue weighted by Gasteiger charge is 2.35. The second-order valence-corrected chi connectivity index (χ2v) is 11.2. The van der Waals surface area contributed by atoms with E-state index in [0.29, 0.717) is 70.9 Å². The Morgan fingerprint density at radius 2 is 0.949 bits per heavy atom. The van der Waals surface area contributed by atoms with E-state index in [1.54, 1.807) is 18.2 Å². The van der Waals surface area contributed by atoms with Gasteiger partial charge in [-0.15, -0.1) is 0 Å². The van der Waals surface area contributed by atoms with Crippen molar-refractivity contribution in [2.24, 2.45) is 32.7 Å². The maximum Gasteiger partial charge on any atom is 0.336 e. The maximum absolute atomic E-state index is 14.0. The number of isocyanates is 3. The summed E-state index contributed by atoms with van der Waals surface area (Å²) in [7, 11) is 0. The molecule has 4 rings (SSSR count). The molecule has 2 atom stereocenters. The molecule has 12 heteroatoms. The van der Waals surface area contributed by atoms with Gasteiger partial charge in [0.15, 0.2) is 0 Å². The highest BCUT2D eigenvalue weighted by molar-refractivity contribution is 5.33. The summed E-state index contributed by atoms with van der Waals surface area (Å²) in [5.41, 5.74) is -1.74. The van der Waals surface area contributed by atoms with Crippen LogP contribution in [0.3, 0.4) is 0 Å². The maximum atomic E-state index is 14.0. The minimum absolute atomic E-state index is 0.168. The third-order valence-corrected chi connectivity index (χ3v) is 9.02. The summed E-state index contributed by atoms with van der Waals surface area (Å²) < 4.78 is 3.85. The second kappa shape index (κ2) is 13.6. The van der Waals surface area contributed by atoms with Crippen molar-refractivity contribution in [2.75, 3.05) is 19.6 Å². The molecule has 0 saturated heterocycles. The molecular formula is C27H36N6O6. The van der Waals surface area contributed by atoms with Crippen molar-refractivity contribution in [2.45, 2.75) is 95.2 Å². The Kier molecular flexibility index (Phi) is 9.93. The van der Waals surface area contributed by atoms with E-state index < -0.39 is 23.1 Å². The van der Waals surface area contributed by atoms with Gasteiger partial charge in [0.25, 0.3) is 0 Å². The Hall–Kier alpha value is -3.45. The smallest absolute Gasteiger partial charge is 0.247 e. The van der Waals surface area contributed by atoms with Crippen LogP contribution >= 0.6 is 0 Å². The summed E-state index contributed by atoms with van der Waals surface area (Å²) in [4.78, 5) is 84.9. The van der Waals surface area contributed by atoms with E-state index in [1.807, 2.05) is 0 Å². The lowest BCUT2D eigenvalue weighted by Crippen LogP contribution is -2.58. The summed E-state index contributed by atoms with van der Waals surface area (Å²) in [6, 6.07) is -1.16. The van der Waals surface area contributed by atoms with Gasteiger partial charge in [-0.2, -0.15) is 0 Å². The molecule has 1 aromatic heterocycles. The highest BCUT2D eigenvalue weighted by atomic mass is 16.2. The van der Waals surface area contributed by atoms with Gasteiger partial charge in [0.1, 0.15) is 0 Å². The third-order valence-electron chi connectivity index (χ3n) is 9.02. The van der Waals surface area contributed by atoms with Crippen LogP contribution < -0.4 is 17.1 Å². The first-order valence-electron chi connectivity index (χ1n) is 14.1. The zero-order valence-electron chi connectivity index (χ0n) is 22.2. The predicted octanol–water partition coefficient (Wildman–Crippen LogP) is 2.37. The van der Waals surface area contributed by atoms with E-state index in [-0.39, 0.29) is 36.4 Å². The summed E-state index contributed by atoms with van der Waals surface area (Å²) >= 11 is 0. The van der Waals surface area contributed by atoms with Crippen molar-refractivity contribution in [1.29, 1.82) is 0 Å². The molecule has 0 bridgehead atoms. The van der Waals surface area contributed by atoms with E-state index in [1.165, 1.54) is 13.7 Å². The molecule has 3 aliphatic rings. The summed E-state index contributed by atoms with van der Waals surface area (Å²) in [6.07, 6.45) is 12.9. The molecule has 0 N–H and O–H groups in total. The molecular weight excluding hydrogens is 504 g/mol. The molecule has 12 nitrogen and oxygen atoms in total. The Morgan fingerprint density at radius 3 is 1.41 bits per heavy atom. The Morgan fingerprint density at radius 1 is 0.538 bits per heavy atom. The first-order valence-corrected chi connectivity index (χ1v) is 14.1. The van der Waals surface area contributed by atoms with E-state index in [0.717, 1.165) is 19.3 Å². The van der Waals surface area contributed by atoms with Crippen molar-refractivity contribution < 1.29 is 14.4 Å². The first-order chi connectivity index (χ1) is 19.0. The lowest BCUT2D eigenvalue weighted by molar-refractivity contribution is 0.191. The largest absolute Gasteiger partial charge is 0.336 e. The van der Waals surface area contributed by atoms with Gasteiger partial charge in [0.2, 0.25) is 18.2 Å². The van der Waals surface area contributed by atoms with Gasteiger partial charge < -0.3 is 0 Å². The summed E-state index contributed by atoms with van der Waals surface area (Å²) in [5, 5.41) is 0. The summed E-state index contributed by atoms with van der Waals surface area (Å²) in [5.74, 6) is 0.221. The molecule has 0 amide bonds. The lowest BCUT2D eigenvalue weighted by atomic mass is 9.84. The van der Waals surface area contributed by atoms with Crippen LogP contribution in [-0.4, -0.2) is 51.6 Å². The molecule has 1 aromatic rings. The number of nitrogens with zero attached hydrogens (tertiary/aromatic N) is 6. The van der Waals surface area contributed by atoms with Crippen LogP contribution in [0, 0.1) is 17.8 Å². The molecule has 1 heterocycles. The molecule has 2 unspecified atom stereocenters. The number of hydrogen-bond donors (Lipinski definition) is 0. The SMILES string of the molecule is O=C=NCC1CCC(n2c(=O)n(C3CCC(CN=C=O)CC3)c(=O)n(C3CCCCC3CN=C=O)c2=O)CC1. The standard InChI is InChI=1S/C27H36N6O6/c34-16-28-13-19-5-9-22(10-6-19)31-25(37)32(23-11-7-20(8-12-23)14-29-17-35)27(39)33(26(31)38)24-4-2-1-3-21(24)15-30-18-36/h19-24H,1-15H2. The number of aliphatic imine (C=N–C) groups is 3. The average Bonchev–Trinajstić information content (AvgIpc) is 2.95. The minimum atomic E-state index is -0.586. The van der Waals surface area contributed by atoms with Crippen LogP contribution in [0.15, 0.2) is 29.4 Å². The molecule has 0 spiro atoms. The summed E-state index contributed by atoms with van der Waals surface area (Å²) in [6.45, 7) is 0.949. The number of hydrogen-bond acceptors (Lipinski definition) is 9. The van der Waals surface area contributed by atoms with Gasteiger partial charge >= 0.3 is 17.1 Å². The zero-order chi connectivity index (χ0) is 27.8. The van der Waals surface area contributed by atoms with Crippen LogP contribution in [0.4, 0.5) is 0 Å². The van der Waals surface area contributed by atoms with E-state index in [4.69, 9.17) is 0 Å². The number of rotatable bonds is 9. The van der Waals surface area contributed by atoms with Gasteiger partial charge in [-0.25, -0.2) is 57.4 Å². The first kappa shape index (κ1) is 28.6. The highest BCUT2D eigenvalue weighted by Crippen LogP contribution is 2.35. The van der Waals surface area contributed by atoms with E-state index in [9.17, 15) is 28.8 Å². The molecule has 3 fully saturated rings. The predicted molar refractivity (Wildman–Crippen MR) is 141 cm³/mol. The molecule has 39 heavy (non-hydrogen) atoms. The van der Waals surface area contributed by atoms with Crippen LogP contribution in [0.2, 0.25) is 0 Å². The average molecular weight is 541 g/mol. The fourth-order valence-electron chi connectivity index (χ4n) is 6.90. The fraction of sp³-hybridized carbons (Fsp3) is 0.778. The fourth-order valence-corrected chi connectivity index (χ4v) is 6.90. The molecule has 0 aliphatic heterocycles. The van der Waals surface area contributed by atoms with E-state index in [2.05, 4.69) is 15.0 Å². The molecule has 3 aliphatic carbocycles. The zero-order valence-corrected chi connectivity index (χ0v) is 22.2. The molecule has 0 aromatic carbocycles. The van der Waals surface area contributed by atoms with Gasteiger partial charge in [-0.3, -0.25) is 0 Å². The van der Waals surface area contributed by atoms with Crippen molar-refractivity contribution >= 4 is 18.2 Å². The number of carbonyl (C=O) groups excluding carboxylic acids is 3. The number of aromatic nitrogens is 3. The lowest BCUT2D eigenvalue weighted by Gasteiger charge is -2.35. The van der Waals surface area contributed by atoms with E-state index >= 15 is 0 Å².